The summed E-state index contributed by atoms with van der Waals surface area (Å²) < 4.78 is 39.2. The lowest BCUT2D eigenvalue weighted by Gasteiger charge is -2.16. The predicted octanol–water partition coefficient (Wildman–Crippen LogP) is 2.17. The zero-order valence-corrected chi connectivity index (χ0v) is 16.3. The van der Waals surface area contributed by atoms with Gasteiger partial charge < -0.3 is 14.4 Å². The summed E-state index contributed by atoms with van der Waals surface area (Å²) in [6.45, 7) is 5.76. The van der Waals surface area contributed by atoms with Crippen molar-refractivity contribution < 1.29 is 22.1 Å². The number of hydrogen-bond donors (Lipinski definition) is 0. The van der Waals surface area contributed by atoms with Gasteiger partial charge in [0.15, 0.2) is 0 Å². The molecule has 2 heterocycles. The molecule has 0 unspecified atom stereocenters. The fourth-order valence-corrected chi connectivity index (χ4v) is 3.49. The second-order valence-corrected chi connectivity index (χ2v) is 8.45. The molecule has 0 amide bonds. The Morgan fingerprint density at radius 1 is 1.24 bits per heavy atom. The van der Waals surface area contributed by atoms with Crippen molar-refractivity contribution >= 4 is 16.1 Å². The largest absolute Gasteiger partial charge is 0.463 e. The van der Waals surface area contributed by atoms with Crippen molar-refractivity contribution in [2.75, 3.05) is 39.2 Å². The topological polar surface area (TPSA) is 77.2 Å². The summed E-state index contributed by atoms with van der Waals surface area (Å²) in [6.07, 6.45) is 7.86. The van der Waals surface area contributed by atoms with Gasteiger partial charge in [0.1, 0.15) is 12.6 Å². The van der Waals surface area contributed by atoms with Gasteiger partial charge in [-0.15, -0.1) is 0 Å². The van der Waals surface area contributed by atoms with Gasteiger partial charge in [0.25, 0.3) is 16.1 Å². The molecule has 1 saturated heterocycles. The van der Waals surface area contributed by atoms with E-state index in [-0.39, 0.29) is 12.1 Å². The molecule has 0 radical (unpaired) electrons. The smallest absolute Gasteiger partial charge is 0.287 e. The van der Waals surface area contributed by atoms with E-state index in [0.717, 1.165) is 44.6 Å². The standard InChI is InChI=1S/C17H32N2O5S/c1-3-4-5-6-7-8-16(24-25(2,20)21)9-12-22-13-15-14-23-17(18-15)19-10-11-19/h15-16H,3-14H2,1-2H3/t15-,16-/m1/s1. The monoisotopic (exact) mass is 376 g/mol. The molecule has 8 heteroatoms. The van der Waals surface area contributed by atoms with Crippen LogP contribution in [0.2, 0.25) is 0 Å². The summed E-state index contributed by atoms with van der Waals surface area (Å²) in [5, 5.41) is 0. The van der Waals surface area contributed by atoms with Crippen LogP contribution in [0.4, 0.5) is 0 Å². The molecular weight excluding hydrogens is 344 g/mol. The second-order valence-electron chi connectivity index (χ2n) is 6.85. The van der Waals surface area contributed by atoms with Crippen LogP contribution in [-0.4, -0.2) is 70.7 Å². The van der Waals surface area contributed by atoms with Crippen LogP contribution >= 0.6 is 0 Å². The summed E-state index contributed by atoms with van der Waals surface area (Å²) in [4.78, 5) is 6.55. The van der Waals surface area contributed by atoms with Crippen molar-refractivity contribution in [1.29, 1.82) is 0 Å². The summed E-state index contributed by atoms with van der Waals surface area (Å²) in [5.41, 5.74) is 0. The van der Waals surface area contributed by atoms with E-state index in [9.17, 15) is 8.42 Å². The van der Waals surface area contributed by atoms with Crippen LogP contribution in [0.3, 0.4) is 0 Å². The van der Waals surface area contributed by atoms with Gasteiger partial charge in [-0.1, -0.05) is 39.0 Å². The average molecular weight is 377 g/mol. The molecule has 2 rings (SSSR count). The highest BCUT2D eigenvalue weighted by molar-refractivity contribution is 7.86. The molecule has 25 heavy (non-hydrogen) atoms. The number of unbranched alkanes of at least 4 members (excludes halogenated alkanes) is 4. The Kier molecular flexibility index (Phi) is 8.45. The maximum atomic E-state index is 11.4. The van der Waals surface area contributed by atoms with E-state index in [1.54, 1.807) is 0 Å². The Morgan fingerprint density at radius 3 is 2.68 bits per heavy atom. The molecule has 146 valence electrons. The van der Waals surface area contributed by atoms with Gasteiger partial charge in [-0.25, -0.2) is 4.99 Å². The van der Waals surface area contributed by atoms with Crippen LogP contribution in [0.1, 0.15) is 51.9 Å². The molecule has 0 spiro atoms. The van der Waals surface area contributed by atoms with Crippen LogP contribution < -0.4 is 0 Å². The van der Waals surface area contributed by atoms with E-state index in [0.29, 0.717) is 26.2 Å². The van der Waals surface area contributed by atoms with E-state index in [4.69, 9.17) is 13.7 Å². The molecule has 2 atom stereocenters. The lowest BCUT2D eigenvalue weighted by atomic mass is 10.1. The second kappa shape index (κ2) is 10.3. The van der Waals surface area contributed by atoms with Gasteiger partial charge >= 0.3 is 0 Å². The zero-order chi connectivity index (χ0) is 18.1. The number of nitrogens with zero attached hydrogens (tertiary/aromatic N) is 2. The number of aliphatic imine (C=N–C) groups is 1. The Labute approximate surface area is 151 Å². The molecule has 1 fully saturated rings. The number of ether oxygens (including phenoxy) is 2. The molecule has 2 aliphatic heterocycles. The SMILES string of the molecule is CCCCCCC[C@H](CCOC[C@@H]1COC(N2CC2)=N1)OS(C)(=O)=O. The number of amidine groups is 1. The van der Waals surface area contributed by atoms with Gasteiger partial charge in [0.2, 0.25) is 0 Å². The van der Waals surface area contributed by atoms with Crippen LogP contribution in [-0.2, 0) is 23.8 Å². The molecule has 0 aromatic heterocycles. The first-order valence-electron chi connectivity index (χ1n) is 9.39. The van der Waals surface area contributed by atoms with Crippen molar-refractivity contribution in [2.24, 2.45) is 4.99 Å². The quantitative estimate of drug-likeness (QED) is 0.278. The number of rotatable bonds is 13. The van der Waals surface area contributed by atoms with E-state index < -0.39 is 10.1 Å². The molecule has 7 nitrogen and oxygen atoms in total. The Bertz CT molecular complexity index is 519. The van der Waals surface area contributed by atoms with Gasteiger partial charge in [0.05, 0.1) is 19.0 Å². The third-order valence-corrected chi connectivity index (χ3v) is 4.87. The molecule has 2 aliphatic rings. The maximum absolute atomic E-state index is 11.4. The van der Waals surface area contributed by atoms with Crippen molar-refractivity contribution in [3.05, 3.63) is 0 Å². The highest BCUT2D eigenvalue weighted by Crippen LogP contribution is 2.16. The van der Waals surface area contributed by atoms with Crippen LogP contribution in [0.15, 0.2) is 4.99 Å². The first-order valence-corrected chi connectivity index (χ1v) is 11.2. The van der Waals surface area contributed by atoms with Gasteiger partial charge in [-0.3, -0.25) is 4.18 Å². The highest BCUT2D eigenvalue weighted by atomic mass is 32.2. The zero-order valence-electron chi connectivity index (χ0n) is 15.5. The van der Waals surface area contributed by atoms with Crippen LogP contribution in [0.5, 0.6) is 0 Å². The van der Waals surface area contributed by atoms with Crippen LogP contribution in [0.25, 0.3) is 0 Å². The minimum Gasteiger partial charge on any atom is -0.463 e. The molecule has 0 aliphatic carbocycles. The summed E-state index contributed by atoms with van der Waals surface area (Å²) in [7, 11) is -3.44. The Morgan fingerprint density at radius 2 is 2.00 bits per heavy atom. The first kappa shape index (κ1) is 20.5. The minimum absolute atomic E-state index is 0.0407. The molecule has 0 N–H and O–H groups in total. The van der Waals surface area contributed by atoms with E-state index >= 15 is 0 Å². The Balaban J connectivity index is 1.62. The third-order valence-electron chi connectivity index (χ3n) is 4.25. The predicted molar refractivity (Wildman–Crippen MR) is 97.3 cm³/mol. The fourth-order valence-electron chi connectivity index (χ4n) is 2.80. The van der Waals surface area contributed by atoms with Gasteiger partial charge in [-0.05, 0) is 12.8 Å². The van der Waals surface area contributed by atoms with E-state index in [2.05, 4.69) is 16.8 Å². The van der Waals surface area contributed by atoms with Crippen molar-refractivity contribution in [1.82, 2.24) is 4.90 Å². The minimum atomic E-state index is -3.44. The molecule has 0 aromatic carbocycles. The summed E-state index contributed by atoms with van der Waals surface area (Å²) in [5.74, 6) is 0. The normalized spacial score (nSPS) is 21.1. The van der Waals surface area contributed by atoms with Crippen molar-refractivity contribution in [3.8, 4) is 0 Å². The van der Waals surface area contributed by atoms with E-state index in [1.165, 1.54) is 19.3 Å². The molecule has 0 aromatic rings. The number of hydrogen-bond acceptors (Lipinski definition) is 7. The lowest BCUT2D eigenvalue weighted by Crippen LogP contribution is -2.21. The first-order chi connectivity index (χ1) is 12.0. The molecule has 0 saturated carbocycles. The summed E-state index contributed by atoms with van der Waals surface area (Å²) in [6, 6.07) is 0.776. The highest BCUT2D eigenvalue weighted by Gasteiger charge is 2.29. The van der Waals surface area contributed by atoms with E-state index in [1.807, 2.05) is 0 Å². The average Bonchev–Trinajstić information content (AvgIpc) is 3.29. The maximum Gasteiger partial charge on any atom is 0.287 e. The van der Waals surface area contributed by atoms with Gasteiger partial charge in [-0.2, -0.15) is 8.42 Å². The third kappa shape index (κ3) is 8.87. The Hall–Kier alpha value is -0.860. The van der Waals surface area contributed by atoms with Crippen LogP contribution in [0, 0.1) is 0 Å². The van der Waals surface area contributed by atoms with Crippen molar-refractivity contribution in [2.45, 2.75) is 64.0 Å². The molecule has 0 bridgehead atoms. The molecular formula is C17H32N2O5S. The fraction of sp³-hybridized carbons (Fsp3) is 0.941. The van der Waals surface area contributed by atoms with Crippen molar-refractivity contribution in [3.63, 3.8) is 0 Å². The summed E-state index contributed by atoms with van der Waals surface area (Å²) >= 11 is 0. The lowest BCUT2D eigenvalue weighted by molar-refractivity contribution is 0.0787. The van der Waals surface area contributed by atoms with Gasteiger partial charge in [0, 0.05) is 19.7 Å².